The first-order chi connectivity index (χ1) is 11.8. The van der Waals surface area contributed by atoms with Gasteiger partial charge in [-0.1, -0.05) is 60.7 Å². The Labute approximate surface area is 143 Å². The first-order valence-electron chi connectivity index (χ1n) is 8.64. The van der Waals surface area contributed by atoms with Crippen LogP contribution in [0.5, 0.6) is 0 Å². The van der Waals surface area contributed by atoms with Crippen LogP contribution in [0.4, 0.5) is 4.79 Å². The van der Waals surface area contributed by atoms with Crippen molar-refractivity contribution in [3.63, 3.8) is 0 Å². The highest BCUT2D eigenvalue weighted by atomic mass is 16.2. The van der Waals surface area contributed by atoms with E-state index in [0.717, 1.165) is 38.0 Å². The summed E-state index contributed by atoms with van der Waals surface area (Å²) >= 11 is 0. The Bertz CT molecular complexity index is 630. The van der Waals surface area contributed by atoms with Gasteiger partial charge in [-0.3, -0.25) is 4.90 Å². The number of piperidine rings is 1. The average Bonchev–Trinajstić information content (AvgIpc) is 2.62. The molecule has 1 heterocycles. The maximum atomic E-state index is 12.1. The van der Waals surface area contributed by atoms with Crippen LogP contribution >= 0.6 is 0 Å². The second-order valence-corrected chi connectivity index (χ2v) is 6.37. The molecule has 0 unspecified atom stereocenters. The van der Waals surface area contributed by atoms with Gasteiger partial charge in [0.1, 0.15) is 0 Å². The number of nitrogens with zero attached hydrogens (tertiary/aromatic N) is 1. The van der Waals surface area contributed by atoms with Crippen LogP contribution in [0.3, 0.4) is 0 Å². The molecule has 0 radical (unpaired) electrons. The standard InChI is InChI=1S/C20H25N3O/c24-20(21-14-17-8-3-1-4-9-17)22-19-12-7-13-23(16-19)15-18-10-5-2-6-11-18/h1-6,8-11,19H,7,12-16H2,(H2,21,22,24)/t19-/m0/s1. The Morgan fingerprint density at radius 3 is 2.38 bits per heavy atom. The van der Waals surface area contributed by atoms with E-state index in [-0.39, 0.29) is 12.1 Å². The number of likely N-dealkylation sites (tertiary alicyclic amines) is 1. The summed E-state index contributed by atoms with van der Waals surface area (Å²) in [7, 11) is 0. The van der Waals surface area contributed by atoms with Gasteiger partial charge >= 0.3 is 6.03 Å². The predicted molar refractivity (Wildman–Crippen MR) is 96.6 cm³/mol. The fourth-order valence-corrected chi connectivity index (χ4v) is 3.17. The number of benzene rings is 2. The van der Waals surface area contributed by atoms with Gasteiger partial charge in [0.25, 0.3) is 0 Å². The zero-order valence-electron chi connectivity index (χ0n) is 13.9. The SMILES string of the molecule is O=C(NCc1ccccc1)N[C@H]1CCCN(Cc2ccccc2)C1. The van der Waals surface area contributed by atoms with Crippen LogP contribution < -0.4 is 10.6 Å². The Hall–Kier alpha value is -2.33. The van der Waals surface area contributed by atoms with Crippen molar-refractivity contribution in [3.8, 4) is 0 Å². The van der Waals surface area contributed by atoms with E-state index in [1.54, 1.807) is 0 Å². The zero-order chi connectivity index (χ0) is 16.6. The monoisotopic (exact) mass is 323 g/mol. The molecule has 4 nitrogen and oxygen atoms in total. The second-order valence-electron chi connectivity index (χ2n) is 6.37. The highest BCUT2D eigenvalue weighted by Crippen LogP contribution is 2.13. The molecular weight excluding hydrogens is 298 g/mol. The molecule has 2 aromatic rings. The molecule has 2 amide bonds. The summed E-state index contributed by atoms with van der Waals surface area (Å²) in [4.78, 5) is 14.5. The Balaban J connectivity index is 1.44. The van der Waals surface area contributed by atoms with Crippen LogP contribution in [-0.2, 0) is 13.1 Å². The molecule has 1 aliphatic heterocycles. The molecule has 3 rings (SSSR count). The minimum absolute atomic E-state index is 0.0783. The molecule has 0 saturated carbocycles. The number of carbonyl (C=O) groups excluding carboxylic acids is 1. The quantitative estimate of drug-likeness (QED) is 0.888. The summed E-state index contributed by atoms with van der Waals surface area (Å²) in [6.45, 7) is 3.52. The van der Waals surface area contributed by atoms with E-state index in [1.165, 1.54) is 5.56 Å². The van der Waals surface area contributed by atoms with Gasteiger partial charge in [0, 0.05) is 25.7 Å². The van der Waals surface area contributed by atoms with E-state index >= 15 is 0 Å². The lowest BCUT2D eigenvalue weighted by Crippen LogP contribution is -2.50. The normalized spacial score (nSPS) is 18.1. The summed E-state index contributed by atoms with van der Waals surface area (Å²) in [5.74, 6) is 0. The van der Waals surface area contributed by atoms with E-state index in [2.05, 4.69) is 39.8 Å². The molecule has 0 aromatic heterocycles. The summed E-state index contributed by atoms with van der Waals surface area (Å²) in [5, 5.41) is 6.06. The van der Waals surface area contributed by atoms with Crippen molar-refractivity contribution in [1.82, 2.24) is 15.5 Å². The maximum absolute atomic E-state index is 12.1. The molecule has 1 aliphatic rings. The van der Waals surface area contributed by atoms with Crippen LogP contribution in [0.2, 0.25) is 0 Å². The third-order valence-corrected chi connectivity index (χ3v) is 4.39. The number of amides is 2. The summed E-state index contributed by atoms with van der Waals surface area (Å²) in [6, 6.07) is 20.6. The molecular formula is C20H25N3O. The first-order valence-corrected chi connectivity index (χ1v) is 8.64. The molecule has 4 heteroatoms. The van der Waals surface area contributed by atoms with Crippen molar-refractivity contribution in [1.29, 1.82) is 0 Å². The van der Waals surface area contributed by atoms with Crippen LogP contribution in [0, 0.1) is 0 Å². The topological polar surface area (TPSA) is 44.4 Å². The van der Waals surface area contributed by atoms with Gasteiger partial charge in [-0.05, 0) is 30.5 Å². The van der Waals surface area contributed by atoms with Gasteiger partial charge in [-0.25, -0.2) is 4.79 Å². The van der Waals surface area contributed by atoms with Gasteiger partial charge in [0.2, 0.25) is 0 Å². The lowest BCUT2D eigenvalue weighted by Gasteiger charge is -2.33. The van der Waals surface area contributed by atoms with Crippen LogP contribution in [0.15, 0.2) is 60.7 Å². The van der Waals surface area contributed by atoms with Gasteiger partial charge in [0.05, 0.1) is 0 Å². The molecule has 0 bridgehead atoms. The fourth-order valence-electron chi connectivity index (χ4n) is 3.17. The maximum Gasteiger partial charge on any atom is 0.315 e. The lowest BCUT2D eigenvalue weighted by molar-refractivity contribution is 0.180. The third kappa shape index (κ3) is 5.10. The molecule has 2 N–H and O–H groups in total. The second kappa shape index (κ2) is 8.50. The lowest BCUT2D eigenvalue weighted by atomic mass is 10.0. The van der Waals surface area contributed by atoms with E-state index in [4.69, 9.17) is 0 Å². The Morgan fingerprint density at radius 2 is 1.67 bits per heavy atom. The van der Waals surface area contributed by atoms with Gasteiger partial charge in [-0.15, -0.1) is 0 Å². The molecule has 0 spiro atoms. The zero-order valence-corrected chi connectivity index (χ0v) is 13.9. The molecule has 24 heavy (non-hydrogen) atoms. The molecule has 0 aliphatic carbocycles. The smallest absolute Gasteiger partial charge is 0.315 e. The van der Waals surface area contributed by atoms with Crippen LogP contribution in [0.1, 0.15) is 24.0 Å². The van der Waals surface area contributed by atoms with E-state index in [1.807, 2.05) is 36.4 Å². The fraction of sp³-hybridized carbons (Fsp3) is 0.350. The van der Waals surface area contributed by atoms with E-state index in [0.29, 0.717) is 6.54 Å². The summed E-state index contributed by atoms with van der Waals surface area (Å²) in [6.07, 6.45) is 2.17. The number of carbonyl (C=O) groups is 1. The summed E-state index contributed by atoms with van der Waals surface area (Å²) < 4.78 is 0. The average molecular weight is 323 g/mol. The number of nitrogens with one attached hydrogen (secondary N) is 2. The third-order valence-electron chi connectivity index (χ3n) is 4.39. The first kappa shape index (κ1) is 16.5. The van der Waals surface area contributed by atoms with E-state index in [9.17, 15) is 4.79 Å². The molecule has 1 fully saturated rings. The van der Waals surface area contributed by atoms with Crippen molar-refractivity contribution < 1.29 is 4.79 Å². The molecule has 2 aromatic carbocycles. The van der Waals surface area contributed by atoms with Crippen molar-refractivity contribution in [2.24, 2.45) is 0 Å². The van der Waals surface area contributed by atoms with Crippen molar-refractivity contribution in [3.05, 3.63) is 71.8 Å². The highest BCUT2D eigenvalue weighted by molar-refractivity contribution is 5.74. The van der Waals surface area contributed by atoms with Crippen molar-refractivity contribution in [2.75, 3.05) is 13.1 Å². The number of hydrogen-bond donors (Lipinski definition) is 2. The molecule has 1 atom stereocenters. The largest absolute Gasteiger partial charge is 0.334 e. The minimum atomic E-state index is -0.0783. The van der Waals surface area contributed by atoms with Gasteiger partial charge in [0.15, 0.2) is 0 Å². The predicted octanol–water partition coefficient (Wildman–Crippen LogP) is 3.15. The Morgan fingerprint density at radius 1 is 1.00 bits per heavy atom. The van der Waals surface area contributed by atoms with Crippen molar-refractivity contribution >= 4 is 6.03 Å². The van der Waals surface area contributed by atoms with Crippen LogP contribution in [-0.4, -0.2) is 30.1 Å². The molecule has 126 valence electrons. The van der Waals surface area contributed by atoms with Crippen molar-refractivity contribution in [2.45, 2.75) is 32.0 Å². The van der Waals surface area contributed by atoms with Crippen LogP contribution in [0.25, 0.3) is 0 Å². The summed E-state index contributed by atoms with van der Waals surface area (Å²) in [5.41, 5.74) is 2.44. The number of rotatable bonds is 5. The molecule has 1 saturated heterocycles. The van der Waals surface area contributed by atoms with Gasteiger partial charge in [-0.2, -0.15) is 0 Å². The Kier molecular flexibility index (Phi) is 5.85. The minimum Gasteiger partial charge on any atom is -0.334 e. The highest BCUT2D eigenvalue weighted by Gasteiger charge is 2.21. The number of urea groups is 1. The van der Waals surface area contributed by atoms with Gasteiger partial charge < -0.3 is 10.6 Å². The van der Waals surface area contributed by atoms with E-state index < -0.39 is 0 Å². The number of hydrogen-bond acceptors (Lipinski definition) is 2.